The van der Waals surface area contributed by atoms with Crippen LogP contribution in [-0.4, -0.2) is 9.97 Å². The highest BCUT2D eigenvalue weighted by atomic mass is 19.1. The van der Waals surface area contributed by atoms with Crippen LogP contribution in [0.2, 0.25) is 0 Å². The Morgan fingerprint density at radius 3 is 2.65 bits per heavy atom. The van der Waals surface area contributed by atoms with Gasteiger partial charge >= 0.3 is 0 Å². The molecule has 1 atom stereocenters. The first-order valence-corrected chi connectivity index (χ1v) is 5.33. The smallest absolute Gasteiger partial charge is 0.130 e. The van der Waals surface area contributed by atoms with Gasteiger partial charge in [0.1, 0.15) is 11.6 Å². The second kappa shape index (κ2) is 5.05. The lowest BCUT2D eigenvalue weighted by atomic mass is 10.1. The van der Waals surface area contributed by atoms with Gasteiger partial charge in [0, 0.05) is 30.0 Å². The number of nitrogens with zero attached hydrogens (tertiary/aromatic N) is 1. The van der Waals surface area contributed by atoms with E-state index in [0.29, 0.717) is 6.54 Å². The molecule has 0 saturated carbocycles. The standard InChI is InChI=1S/C12H13F2N3/c1-8(16-6-9-5-15-7-17-9)12-10(13)3-2-4-11(12)14/h2-5,7-8,16H,6H2,1H3,(H,15,17). The molecule has 0 fully saturated rings. The summed E-state index contributed by atoms with van der Waals surface area (Å²) >= 11 is 0. The molecule has 0 bridgehead atoms. The highest BCUT2D eigenvalue weighted by molar-refractivity contribution is 5.22. The molecule has 0 saturated heterocycles. The SMILES string of the molecule is CC(NCc1cnc[nH]1)c1c(F)cccc1F. The Kier molecular flexibility index (Phi) is 3.49. The highest BCUT2D eigenvalue weighted by Gasteiger charge is 2.15. The van der Waals surface area contributed by atoms with Gasteiger partial charge in [-0.1, -0.05) is 6.07 Å². The summed E-state index contributed by atoms with van der Waals surface area (Å²) in [4.78, 5) is 6.78. The normalized spacial score (nSPS) is 12.6. The van der Waals surface area contributed by atoms with Gasteiger partial charge in [-0.3, -0.25) is 0 Å². The van der Waals surface area contributed by atoms with Crippen LogP contribution >= 0.6 is 0 Å². The van der Waals surface area contributed by atoms with Crippen molar-refractivity contribution in [1.82, 2.24) is 15.3 Å². The second-order valence-electron chi connectivity index (χ2n) is 3.81. The Morgan fingerprint density at radius 2 is 2.06 bits per heavy atom. The summed E-state index contributed by atoms with van der Waals surface area (Å²) in [6.45, 7) is 2.20. The maximum absolute atomic E-state index is 13.5. The van der Waals surface area contributed by atoms with Gasteiger partial charge in [-0.25, -0.2) is 13.8 Å². The molecule has 0 amide bonds. The lowest BCUT2D eigenvalue weighted by Crippen LogP contribution is -2.20. The van der Waals surface area contributed by atoms with Crippen molar-refractivity contribution in [1.29, 1.82) is 0 Å². The molecule has 0 aliphatic carbocycles. The summed E-state index contributed by atoms with van der Waals surface area (Å²) in [6.07, 6.45) is 3.22. The Balaban J connectivity index is 2.07. The number of hydrogen-bond donors (Lipinski definition) is 2. The molecule has 0 radical (unpaired) electrons. The topological polar surface area (TPSA) is 40.7 Å². The molecule has 1 heterocycles. The maximum atomic E-state index is 13.5. The number of rotatable bonds is 4. The predicted molar refractivity (Wildman–Crippen MR) is 60.2 cm³/mol. The average molecular weight is 237 g/mol. The molecule has 0 aliphatic rings. The number of benzene rings is 1. The molecule has 17 heavy (non-hydrogen) atoms. The molecular formula is C12H13F2N3. The van der Waals surface area contributed by atoms with E-state index in [0.717, 1.165) is 5.69 Å². The highest BCUT2D eigenvalue weighted by Crippen LogP contribution is 2.20. The lowest BCUT2D eigenvalue weighted by molar-refractivity contribution is 0.485. The minimum Gasteiger partial charge on any atom is -0.347 e. The third-order valence-corrected chi connectivity index (χ3v) is 2.59. The van der Waals surface area contributed by atoms with Crippen LogP contribution in [0, 0.1) is 11.6 Å². The molecule has 2 N–H and O–H groups in total. The fourth-order valence-electron chi connectivity index (χ4n) is 1.67. The molecule has 1 aromatic carbocycles. The van der Waals surface area contributed by atoms with Crippen LogP contribution in [0.3, 0.4) is 0 Å². The van der Waals surface area contributed by atoms with Gasteiger partial charge in [-0.15, -0.1) is 0 Å². The average Bonchev–Trinajstić information content (AvgIpc) is 2.79. The van der Waals surface area contributed by atoms with E-state index in [2.05, 4.69) is 15.3 Å². The van der Waals surface area contributed by atoms with Crippen LogP contribution in [0.15, 0.2) is 30.7 Å². The first kappa shape index (κ1) is 11.7. The lowest BCUT2D eigenvalue weighted by Gasteiger charge is -2.15. The number of halogens is 2. The minimum atomic E-state index is -0.533. The fraction of sp³-hybridized carbons (Fsp3) is 0.250. The van der Waals surface area contributed by atoms with Crippen molar-refractivity contribution in [3.05, 3.63) is 53.6 Å². The summed E-state index contributed by atoms with van der Waals surface area (Å²) in [5.41, 5.74) is 0.931. The molecular weight excluding hydrogens is 224 g/mol. The largest absolute Gasteiger partial charge is 0.347 e. The molecule has 2 rings (SSSR count). The maximum Gasteiger partial charge on any atom is 0.130 e. The van der Waals surface area contributed by atoms with Crippen LogP contribution < -0.4 is 5.32 Å². The van der Waals surface area contributed by atoms with Crippen molar-refractivity contribution in [3.8, 4) is 0 Å². The fourth-order valence-corrected chi connectivity index (χ4v) is 1.67. The molecule has 90 valence electrons. The van der Waals surface area contributed by atoms with E-state index in [-0.39, 0.29) is 5.56 Å². The summed E-state index contributed by atoms with van der Waals surface area (Å²) in [5.74, 6) is -1.07. The Morgan fingerprint density at radius 1 is 1.35 bits per heavy atom. The molecule has 1 unspecified atom stereocenters. The van der Waals surface area contributed by atoms with Gasteiger partial charge in [0.05, 0.1) is 6.33 Å². The molecule has 3 nitrogen and oxygen atoms in total. The Labute approximate surface area is 97.9 Å². The molecule has 5 heteroatoms. The number of nitrogens with one attached hydrogen (secondary N) is 2. The van der Waals surface area contributed by atoms with Crippen LogP contribution in [0.5, 0.6) is 0 Å². The molecule has 2 aromatic rings. The number of hydrogen-bond acceptors (Lipinski definition) is 2. The zero-order valence-corrected chi connectivity index (χ0v) is 9.37. The summed E-state index contributed by atoms with van der Waals surface area (Å²) < 4.78 is 26.9. The summed E-state index contributed by atoms with van der Waals surface area (Å²) in [5, 5.41) is 3.03. The van der Waals surface area contributed by atoms with Crippen molar-refractivity contribution in [2.24, 2.45) is 0 Å². The van der Waals surface area contributed by atoms with Gasteiger partial charge in [-0.05, 0) is 19.1 Å². The van der Waals surface area contributed by atoms with Gasteiger partial charge in [0.15, 0.2) is 0 Å². The van der Waals surface area contributed by atoms with E-state index in [1.54, 1.807) is 19.4 Å². The Hall–Kier alpha value is -1.75. The molecule has 0 aliphatic heterocycles. The first-order valence-electron chi connectivity index (χ1n) is 5.33. The van der Waals surface area contributed by atoms with Crippen molar-refractivity contribution < 1.29 is 8.78 Å². The molecule has 0 spiro atoms. The van der Waals surface area contributed by atoms with E-state index < -0.39 is 17.7 Å². The third kappa shape index (κ3) is 2.68. The minimum absolute atomic E-state index is 0.0621. The third-order valence-electron chi connectivity index (χ3n) is 2.59. The zero-order valence-electron chi connectivity index (χ0n) is 9.37. The number of imidazole rings is 1. The van der Waals surface area contributed by atoms with Gasteiger partial charge < -0.3 is 10.3 Å². The van der Waals surface area contributed by atoms with E-state index in [9.17, 15) is 8.78 Å². The summed E-state index contributed by atoms with van der Waals surface area (Å²) in [6, 6.07) is 3.47. The van der Waals surface area contributed by atoms with E-state index >= 15 is 0 Å². The van der Waals surface area contributed by atoms with Gasteiger partial charge in [0.25, 0.3) is 0 Å². The van der Waals surface area contributed by atoms with E-state index in [1.807, 2.05) is 0 Å². The van der Waals surface area contributed by atoms with Crippen LogP contribution in [0.1, 0.15) is 24.2 Å². The van der Waals surface area contributed by atoms with Crippen molar-refractivity contribution in [2.45, 2.75) is 19.5 Å². The second-order valence-corrected chi connectivity index (χ2v) is 3.81. The monoisotopic (exact) mass is 237 g/mol. The van der Waals surface area contributed by atoms with Crippen molar-refractivity contribution in [3.63, 3.8) is 0 Å². The van der Waals surface area contributed by atoms with Crippen LogP contribution in [0.4, 0.5) is 8.78 Å². The zero-order chi connectivity index (χ0) is 12.3. The number of H-pyrrole nitrogens is 1. The first-order chi connectivity index (χ1) is 8.18. The van der Waals surface area contributed by atoms with Gasteiger partial charge in [-0.2, -0.15) is 0 Å². The van der Waals surface area contributed by atoms with Gasteiger partial charge in [0.2, 0.25) is 0 Å². The summed E-state index contributed by atoms with van der Waals surface area (Å²) in [7, 11) is 0. The van der Waals surface area contributed by atoms with Crippen molar-refractivity contribution >= 4 is 0 Å². The predicted octanol–water partition coefficient (Wildman–Crippen LogP) is 2.54. The van der Waals surface area contributed by atoms with E-state index in [4.69, 9.17) is 0 Å². The Bertz CT molecular complexity index is 462. The number of aromatic amines is 1. The van der Waals surface area contributed by atoms with Crippen LogP contribution in [-0.2, 0) is 6.54 Å². The van der Waals surface area contributed by atoms with Crippen LogP contribution in [0.25, 0.3) is 0 Å². The quantitative estimate of drug-likeness (QED) is 0.857. The van der Waals surface area contributed by atoms with E-state index in [1.165, 1.54) is 18.2 Å². The molecule has 1 aromatic heterocycles. The van der Waals surface area contributed by atoms with Crippen molar-refractivity contribution in [2.75, 3.05) is 0 Å². The number of aromatic nitrogens is 2.